The summed E-state index contributed by atoms with van der Waals surface area (Å²) < 4.78 is 11.2. The maximum atomic E-state index is 13.4. The van der Waals surface area contributed by atoms with Crippen molar-refractivity contribution >= 4 is 52.7 Å². The molecule has 3 aliphatic rings. The molecule has 105 heavy (non-hydrogen) atoms. The van der Waals surface area contributed by atoms with Gasteiger partial charge < -0.3 is 61.0 Å². The number of amides is 3. The van der Waals surface area contributed by atoms with Crippen LogP contribution in [-0.4, -0.2) is 129 Å². The molecule has 12 rings (SSSR count). The molecule has 0 atom stereocenters. The van der Waals surface area contributed by atoms with Crippen molar-refractivity contribution < 1.29 is 58.7 Å². The topological polar surface area (TPSA) is 256 Å². The Morgan fingerprint density at radius 1 is 0.381 bits per heavy atom. The van der Waals surface area contributed by atoms with Gasteiger partial charge in [0.15, 0.2) is 0 Å². The van der Waals surface area contributed by atoms with Crippen LogP contribution in [-0.2, 0) is 9.47 Å². The molecule has 0 spiro atoms. The molecule has 0 bridgehead atoms. The molecule has 546 valence electrons. The molecule has 0 aliphatic carbocycles. The highest BCUT2D eigenvalue weighted by molar-refractivity contribution is 6.12. The van der Waals surface area contributed by atoms with E-state index in [1.165, 1.54) is 6.07 Å². The van der Waals surface area contributed by atoms with Crippen molar-refractivity contribution in [2.24, 2.45) is 0 Å². The van der Waals surface area contributed by atoms with Gasteiger partial charge in [0, 0.05) is 0 Å². The van der Waals surface area contributed by atoms with Crippen LogP contribution >= 0.6 is 0 Å². The molecule has 3 saturated heterocycles. The van der Waals surface area contributed by atoms with Crippen LogP contribution in [0.4, 0.5) is 17.1 Å². The second kappa shape index (κ2) is 35.0. The number of phenols is 3. The normalized spacial score (nSPS) is 14.6. The Labute approximate surface area is 615 Å². The van der Waals surface area contributed by atoms with Gasteiger partial charge in [-0.15, -0.1) is 0 Å². The summed E-state index contributed by atoms with van der Waals surface area (Å²) in [4.78, 5) is 82.4. The Hall–Kier alpha value is -10.9. The van der Waals surface area contributed by atoms with Crippen LogP contribution < -0.4 is 21.3 Å². The monoisotopic (exact) mass is 1420 g/mol. The van der Waals surface area contributed by atoms with Gasteiger partial charge in [-0.05, 0) is 273 Å². The Balaban J connectivity index is 0.000000169. The molecule has 9 aromatic rings. The number of phenolic OH excluding ortho intramolecular Hbond substituents is 3. The van der Waals surface area contributed by atoms with Gasteiger partial charge in [-0.2, -0.15) is 0 Å². The van der Waals surface area contributed by atoms with Crippen molar-refractivity contribution in [2.75, 3.05) is 68.3 Å². The standard InChI is InChI=1S/C31H36N2O4.C29H32N2O4.C27H28N2O4/c1-5-33-17-15-22(16-18-33)23-12-14-28(34)26(19-23)29(35)32-27-20-24(21-9-7-6-8-10-21)11-13-25(27)30(36)37-31(2,3)4;1-29(2,3)35-28(34)23-11-9-22(19-7-5-4-6-8-19)18-25(23)31-27(33)24-17-21(10-12-26(24)32)20-13-15-30-16-14-20;1-2-29-14-12-19(13-15-29)20-9-11-25(30)23(16-20)26(31)28-24-17-21(8-10-22(24)27(32)33)18-6-4-3-5-7-18/h6-14,19-20,22,34H,5,15-18H2,1-4H3,(H,32,35);4-12,17-18,20,30,32H,13-16H2,1-3H3,(H,31,33);3-11,16-17,19,30H,2,12-15H2,1H3,(H,28,31)(H,32,33). The van der Waals surface area contributed by atoms with Crippen LogP contribution in [0.1, 0.15) is 191 Å². The molecule has 3 amide bonds. The number of ether oxygens (including phenoxy) is 2. The fourth-order valence-electron chi connectivity index (χ4n) is 13.4. The van der Waals surface area contributed by atoms with Gasteiger partial charge in [-0.3, -0.25) is 14.4 Å². The molecule has 3 aliphatic heterocycles. The molecule has 8 N–H and O–H groups in total. The largest absolute Gasteiger partial charge is 0.507 e. The second-order valence-electron chi connectivity index (χ2n) is 28.8. The van der Waals surface area contributed by atoms with Gasteiger partial charge >= 0.3 is 17.9 Å². The number of nitrogens with one attached hydrogen (secondary N) is 4. The van der Waals surface area contributed by atoms with E-state index in [2.05, 4.69) is 44.9 Å². The number of carbonyl (C=O) groups is 6. The number of hydrogen-bond donors (Lipinski definition) is 8. The van der Waals surface area contributed by atoms with Gasteiger partial charge in [-0.1, -0.05) is 141 Å². The molecule has 3 fully saturated rings. The third-order valence-electron chi connectivity index (χ3n) is 19.2. The number of esters is 2. The number of aromatic carboxylic acids is 1. The minimum atomic E-state index is -1.13. The lowest BCUT2D eigenvalue weighted by molar-refractivity contribution is 0.00580. The Bertz CT molecular complexity index is 4530. The number of aromatic hydroxyl groups is 3. The molecular formula is C87H96N6O12. The Morgan fingerprint density at radius 3 is 0.971 bits per heavy atom. The molecule has 3 heterocycles. The van der Waals surface area contributed by atoms with Crippen LogP contribution in [0.2, 0.25) is 0 Å². The van der Waals surface area contributed by atoms with E-state index in [0.717, 1.165) is 141 Å². The number of nitrogens with zero attached hydrogens (tertiary/aromatic N) is 2. The third-order valence-corrected chi connectivity index (χ3v) is 19.2. The first-order valence-electron chi connectivity index (χ1n) is 36.2. The predicted octanol–water partition coefficient (Wildman–Crippen LogP) is 17.4. The summed E-state index contributed by atoms with van der Waals surface area (Å²) in [6.45, 7) is 23.1. The summed E-state index contributed by atoms with van der Waals surface area (Å²) in [6, 6.07) is 60.0. The van der Waals surface area contributed by atoms with Crippen LogP contribution in [0.15, 0.2) is 200 Å². The number of hydrogen-bond acceptors (Lipinski definition) is 14. The third kappa shape index (κ3) is 20.7. The molecule has 0 radical (unpaired) electrons. The molecule has 0 saturated carbocycles. The van der Waals surface area contributed by atoms with Crippen molar-refractivity contribution in [3.05, 3.63) is 250 Å². The minimum absolute atomic E-state index is 0.00869. The molecule has 18 heteroatoms. The van der Waals surface area contributed by atoms with Crippen molar-refractivity contribution in [1.29, 1.82) is 0 Å². The lowest BCUT2D eigenvalue weighted by Crippen LogP contribution is -2.32. The van der Waals surface area contributed by atoms with E-state index in [9.17, 15) is 49.2 Å². The average Bonchev–Trinajstić information content (AvgIpc) is 0.810. The summed E-state index contributed by atoms with van der Waals surface area (Å²) >= 11 is 0. The summed E-state index contributed by atoms with van der Waals surface area (Å²) in [6.07, 6.45) is 5.99. The summed E-state index contributed by atoms with van der Waals surface area (Å²) in [5.74, 6) is -2.98. The van der Waals surface area contributed by atoms with E-state index in [0.29, 0.717) is 29.1 Å². The Kier molecular flexibility index (Phi) is 25.6. The number of piperidine rings is 3. The molecular weight excluding hydrogens is 1320 g/mol. The fourth-order valence-corrected chi connectivity index (χ4v) is 13.4. The SMILES string of the molecule is CC(C)(C)OC(=O)c1ccc(-c2ccccc2)cc1NC(=O)c1cc(C2CCNCC2)ccc1O.CCN1CCC(c2ccc(O)c(C(=O)Nc3cc(-c4ccccc4)ccc3C(=O)O)c2)CC1.CCN1CCC(c2ccc(O)c(C(=O)Nc3cc(-c4ccccc4)ccc3C(=O)OC(C)(C)C)c2)CC1. The van der Waals surface area contributed by atoms with Crippen LogP contribution in [0.5, 0.6) is 17.2 Å². The zero-order valence-electron chi connectivity index (χ0n) is 61.1. The van der Waals surface area contributed by atoms with Crippen molar-refractivity contribution in [3.63, 3.8) is 0 Å². The Morgan fingerprint density at radius 2 is 0.676 bits per heavy atom. The highest BCUT2D eigenvalue weighted by atomic mass is 16.6. The zero-order valence-corrected chi connectivity index (χ0v) is 61.1. The summed E-state index contributed by atoms with van der Waals surface area (Å²) in [5.41, 5.74) is 8.90. The lowest BCUT2D eigenvalue weighted by atomic mass is 9.88. The van der Waals surface area contributed by atoms with Crippen molar-refractivity contribution in [3.8, 4) is 50.6 Å². The summed E-state index contributed by atoms with van der Waals surface area (Å²) in [7, 11) is 0. The summed E-state index contributed by atoms with van der Waals surface area (Å²) in [5, 5.41) is 52.9. The number of carboxylic acid groups (broad SMARTS) is 1. The maximum Gasteiger partial charge on any atom is 0.340 e. The molecule has 0 unspecified atom stereocenters. The van der Waals surface area contributed by atoms with Crippen LogP contribution in [0.3, 0.4) is 0 Å². The number of carboxylic acids is 1. The van der Waals surface area contributed by atoms with Crippen LogP contribution in [0.25, 0.3) is 33.4 Å². The first-order valence-corrected chi connectivity index (χ1v) is 36.2. The van der Waals surface area contributed by atoms with E-state index < -0.39 is 46.8 Å². The lowest BCUT2D eigenvalue weighted by Gasteiger charge is -2.31. The van der Waals surface area contributed by atoms with Gasteiger partial charge in [0.05, 0.1) is 50.4 Å². The van der Waals surface area contributed by atoms with E-state index in [1.54, 1.807) is 114 Å². The quantitative estimate of drug-likeness (QED) is 0.0395. The van der Waals surface area contributed by atoms with Gasteiger partial charge in [-0.25, -0.2) is 14.4 Å². The van der Waals surface area contributed by atoms with E-state index in [4.69, 9.17) is 9.47 Å². The van der Waals surface area contributed by atoms with Crippen molar-refractivity contribution in [1.82, 2.24) is 15.1 Å². The van der Waals surface area contributed by atoms with E-state index >= 15 is 0 Å². The molecule has 9 aromatic carbocycles. The average molecular weight is 1420 g/mol. The highest BCUT2D eigenvalue weighted by Crippen LogP contribution is 2.37. The zero-order chi connectivity index (χ0) is 75.0. The smallest absolute Gasteiger partial charge is 0.340 e. The van der Waals surface area contributed by atoms with Crippen LogP contribution in [0, 0.1) is 0 Å². The minimum Gasteiger partial charge on any atom is -0.507 e. The number of rotatable bonds is 17. The predicted molar refractivity (Wildman–Crippen MR) is 414 cm³/mol. The maximum absolute atomic E-state index is 13.4. The number of carbonyl (C=O) groups excluding carboxylic acids is 5. The van der Waals surface area contributed by atoms with E-state index in [1.807, 2.05) is 121 Å². The van der Waals surface area contributed by atoms with Crippen molar-refractivity contribution in [2.45, 2.75) is 123 Å². The molecule has 18 nitrogen and oxygen atoms in total. The number of anilines is 3. The van der Waals surface area contributed by atoms with Gasteiger partial charge in [0.25, 0.3) is 17.7 Å². The highest BCUT2D eigenvalue weighted by Gasteiger charge is 2.29. The second-order valence-corrected chi connectivity index (χ2v) is 28.8. The number of likely N-dealkylation sites (tertiary alicyclic amines) is 2. The first-order chi connectivity index (χ1) is 50.3. The number of benzene rings is 9. The first kappa shape index (κ1) is 76.7. The van der Waals surface area contributed by atoms with Gasteiger partial charge in [0.2, 0.25) is 0 Å². The fraction of sp³-hybridized carbons (Fsp3) is 0.310. The molecule has 0 aromatic heterocycles. The van der Waals surface area contributed by atoms with E-state index in [-0.39, 0.29) is 56.3 Å². The van der Waals surface area contributed by atoms with Gasteiger partial charge in [0.1, 0.15) is 28.5 Å².